The maximum atomic E-state index is 12.0. The van der Waals surface area contributed by atoms with Crippen molar-refractivity contribution < 1.29 is 9.59 Å². The molecule has 0 unspecified atom stereocenters. The Morgan fingerprint density at radius 3 is 2.68 bits per heavy atom. The fourth-order valence-corrected chi connectivity index (χ4v) is 1.67. The Bertz CT molecular complexity index is 691. The number of pyridine rings is 1. The summed E-state index contributed by atoms with van der Waals surface area (Å²) in [5, 5.41) is 0.616. The van der Waals surface area contributed by atoms with Crippen molar-refractivity contribution >= 4 is 22.7 Å². The van der Waals surface area contributed by atoms with Crippen molar-refractivity contribution in [1.29, 1.82) is 0 Å². The number of nitrogens with one attached hydrogen (secondary N) is 3. The van der Waals surface area contributed by atoms with Gasteiger partial charge in [-0.3, -0.25) is 25.2 Å². The standard InChI is InChI=1S/C13H13N3O3/c1-2-11(17)15-16-13(19)9-7-12(18)14-10-6-4-3-5-8(9)10/h3-7H,2H2,1H3,(H,14,18)(H,15,17)(H,16,19). The summed E-state index contributed by atoms with van der Waals surface area (Å²) < 4.78 is 0. The predicted molar refractivity (Wildman–Crippen MR) is 70.5 cm³/mol. The molecule has 1 heterocycles. The molecule has 0 aliphatic heterocycles. The Hall–Kier alpha value is -2.63. The predicted octanol–water partition coefficient (Wildman–Crippen LogP) is 0.699. The first-order chi connectivity index (χ1) is 9.11. The van der Waals surface area contributed by atoms with Gasteiger partial charge in [-0.25, -0.2) is 0 Å². The number of aromatic nitrogens is 1. The molecule has 6 nitrogen and oxygen atoms in total. The van der Waals surface area contributed by atoms with Gasteiger partial charge in [0.15, 0.2) is 0 Å². The lowest BCUT2D eigenvalue weighted by Crippen LogP contribution is -2.41. The van der Waals surface area contributed by atoms with E-state index < -0.39 is 5.91 Å². The Balaban J connectivity index is 2.36. The molecular weight excluding hydrogens is 246 g/mol. The van der Waals surface area contributed by atoms with Gasteiger partial charge in [-0.15, -0.1) is 0 Å². The van der Waals surface area contributed by atoms with Crippen molar-refractivity contribution in [3.8, 4) is 0 Å². The fourth-order valence-electron chi connectivity index (χ4n) is 1.67. The second-order valence-corrected chi connectivity index (χ2v) is 3.95. The zero-order valence-corrected chi connectivity index (χ0v) is 10.3. The van der Waals surface area contributed by atoms with Gasteiger partial charge in [0.1, 0.15) is 0 Å². The molecule has 2 aromatic rings. The largest absolute Gasteiger partial charge is 0.322 e. The number of aromatic amines is 1. The molecule has 1 aromatic carbocycles. The third-order valence-electron chi connectivity index (χ3n) is 2.63. The first kappa shape index (κ1) is 12.8. The second-order valence-electron chi connectivity index (χ2n) is 3.95. The molecule has 1 aromatic heterocycles. The Kier molecular flexibility index (Phi) is 3.61. The average Bonchev–Trinajstić information content (AvgIpc) is 2.43. The number of H-pyrrole nitrogens is 1. The molecule has 2 rings (SSSR count). The van der Waals surface area contributed by atoms with Crippen LogP contribution in [0, 0.1) is 0 Å². The lowest BCUT2D eigenvalue weighted by atomic mass is 10.1. The van der Waals surface area contributed by atoms with Crippen molar-refractivity contribution in [3.05, 3.63) is 46.2 Å². The van der Waals surface area contributed by atoms with E-state index in [4.69, 9.17) is 0 Å². The molecule has 6 heteroatoms. The minimum Gasteiger partial charge on any atom is -0.322 e. The minimum absolute atomic E-state index is 0.218. The fraction of sp³-hybridized carbons (Fsp3) is 0.154. The molecule has 0 radical (unpaired) electrons. The third-order valence-corrected chi connectivity index (χ3v) is 2.63. The van der Waals surface area contributed by atoms with Crippen molar-refractivity contribution in [1.82, 2.24) is 15.8 Å². The smallest absolute Gasteiger partial charge is 0.270 e. The number of rotatable bonds is 2. The number of para-hydroxylation sites is 1. The minimum atomic E-state index is -0.524. The molecule has 0 saturated carbocycles. The SMILES string of the molecule is CCC(=O)NNC(=O)c1cc(=O)[nH]c2ccccc12. The van der Waals surface area contributed by atoms with Gasteiger partial charge in [-0.1, -0.05) is 25.1 Å². The zero-order valence-electron chi connectivity index (χ0n) is 10.3. The molecule has 0 spiro atoms. The van der Waals surface area contributed by atoms with E-state index in [-0.39, 0.29) is 23.5 Å². The van der Waals surface area contributed by atoms with Crippen molar-refractivity contribution in [2.45, 2.75) is 13.3 Å². The summed E-state index contributed by atoms with van der Waals surface area (Å²) in [6, 6.07) is 8.16. The van der Waals surface area contributed by atoms with Gasteiger partial charge in [0, 0.05) is 23.4 Å². The molecule has 0 atom stereocenters. The number of hydrazine groups is 1. The molecular formula is C13H13N3O3. The molecule has 0 fully saturated rings. The van der Waals surface area contributed by atoms with Crippen molar-refractivity contribution in [2.24, 2.45) is 0 Å². The van der Waals surface area contributed by atoms with E-state index in [1.165, 1.54) is 6.07 Å². The highest BCUT2D eigenvalue weighted by Crippen LogP contribution is 2.13. The van der Waals surface area contributed by atoms with Gasteiger partial charge in [-0.2, -0.15) is 0 Å². The van der Waals surface area contributed by atoms with Crippen LogP contribution in [0.15, 0.2) is 35.1 Å². The van der Waals surface area contributed by atoms with Crippen LogP contribution in [0.1, 0.15) is 23.7 Å². The summed E-state index contributed by atoms with van der Waals surface area (Å²) >= 11 is 0. The Morgan fingerprint density at radius 2 is 1.95 bits per heavy atom. The van der Waals surface area contributed by atoms with Gasteiger partial charge in [0.05, 0.1) is 5.56 Å². The summed E-state index contributed by atoms with van der Waals surface area (Å²) in [5.74, 6) is -0.827. The number of hydrogen-bond acceptors (Lipinski definition) is 3. The quantitative estimate of drug-likeness (QED) is 0.693. The van der Waals surface area contributed by atoms with Crippen LogP contribution in [0.2, 0.25) is 0 Å². The zero-order chi connectivity index (χ0) is 13.8. The molecule has 19 heavy (non-hydrogen) atoms. The van der Waals surface area contributed by atoms with E-state index in [0.717, 1.165) is 0 Å². The number of fused-ring (bicyclic) bond motifs is 1. The first-order valence-electron chi connectivity index (χ1n) is 5.83. The molecule has 3 N–H and O–H groups in total. The summed E-state index contributed by atoms with van der Waals surface area (Å²) in [4.78, 5) is 37.2. The lowest BCUT2D eigenvalue weighted by Gasteiger charge is -2.08. The van der Waals surface area contributed by atoms with Crippen LogP contribution in [0.25, 0.3) is 10.9 Å². The van der Waals surface area contributed by atoms with Crippen LogP contribution in [-0.4, -0.2) is 16.8 Å². The van der Waals surface area contributed by atoms with Gasteiger partial charge in [0.2, 0.25) is 11.5 Å². The van der Waals surface area contributed by atoms with E-state index in [0.29, 0.717) is 10.9 Å². The molecule has 0 aliphatic rings. The van der Waals surface area contributed by atoms with Crippen LogP contribution in [-0.2, 0) is 4.79 Å². The van der Waals surface area contributed by atoms with E-state index in [1.807, 2.05) is 0 Å². The topological polar surface area (TPSA) is 91.1 Å². The third kappa shape index (κ3) is 2.79. The summed E-state index contributed by atoms with van der Waals surface area (Å²) in [7, 11) is 0. The molecule has 0 bridgehead atoms. The van der Waals surface area contributed by atoms with Crippen LogP contribution in [0.5, 0.6) is 0 Å². The monoisotopic (exact) mass is 259 g/mol. The highest BCUT2D eigenvalue weighted by molar-refractivity contribution is 6.06. The summed E-state index contributed by atoms with van der Waals surface area (Å²) in [5.41, 5.74) is 4.96. The van der Waals surface area contributed by atoms with E-state index >= 15 is 0 Å². The number of carbonyl (C=O) groups is 2. The van der Waals surface area contributed by atoms with Crippen LogP contribution >= 0.6 is 0 Å². The maximum Gasteiger partial charge on any atom is 0.270 e. The van der Waals surface area contributed by atoms with Gasteiger partial charge in [0.25, 0.3) is 5.91 Å². The van der Waals surface area contributed by atoms with Crippen LogP contribution in [0.3, 0.4) is 0 Å². The van der Waals surface area contributed by atoms with E-state index in [1.54, 1.807) is 31.2 Å². The Morgan fingerprint density at radius 1 is 1.21 bits per heavy atom. The lowest BCUT2D eigenvalue weighted by molar-refractivity contribution is -0.121. The average molecular weight is 259 g/mol. The van der Waals surface area contributed by atoms with Gasteiger partial charge in [-0.05, 0) is 6.07 Å². The number of carbonyl (C=O) groups excluding carboxylic acids is 2. The molecule has 0 saturated heterocycles. The summed E-state index contributed by atoms with van der Waals surface area (Å²) in [6.45, 7) is 1.67. The summed E-state index contributed by atoms with van der Waals surface area (Å²) in [6.07, 6.45) is 0.260. The van der Waals surface area contributed by atoms with E-state index in [9.17, 15) is 14.4 Å². The second kappa shape index (κ2) is 5.34. The van der Waals surface area contributed by atoms with Crippen molar-refractivity contribution in [3.63, 3.8) is 0 Å². The van der Waals surface area contributed by atoms with Crippen LogP contribution < -0.4 is 16.4 Å². The maximum absolute atomic E-state index is 12.0. The number of hydrogen-bond donors (Lipinski definition) is 3. The number of benzene rings is 1. The van der Waals surface area contributed by atoms with Gasteiger partial charge < -0.3 is 4.98 Å². The number of amides is 2. The highest BCUT2D eigenvalue weighted by atomic mass is 16.2. The molecule has 2 amide bonds. The normalized spacial score (nSPS) is 10.2. The van der Waals surface area contributed by atoms with Crippen molar-refractivity contribution in [2.75, 3.05) is 0 Å². The Labute approximate surface area is 108 Å². The molecule has 0 aliphatic carbocycles. The van der Waals surface area contributed by atoms with Crippen LogP contribution in [0.4, 0.5) is 0 Å². The first-order valence-corrected chi connectivity index (χ1v) is 5.83. The van der Waals surface area contributed by atoms with E-state index in [2.05, 4.69) is 15.8 Å². The highest BCUT2D eigenvalue weighted by Gasteiger charge is 2.11. The molecule has 98 valence electrons. The van der Waals surface area contributed by atoms with Gasteiger partial charge >= 0.3 is 0 Å².